The van der Waals surface area contributed by atoms with Crippen LogP contribution in [0.1, 0.15) is 105 Å². The van der Waals surface area contributed by atoms with Gasteiger partial charge >= 0.3 is 26.2 Å². The SMILES string of the molecule is COC(=O)c1ccsc1-c1cc(OC)c(-c2sccc2C(C)=O)cc1C.COC(=O)c1ccsc1Br.COc1cc(B2OC(C)(C)C(C)(C)O2)c(C)cc1B1OC(C)(C)C(C)(C)O1. The number of Topliss-reactive ketones (excluding diaryl/α,β-unsaturated/α-hetero) is 1. The molecular formula is C46H55B2BrO11S3. The van der Waals surface area contributed by atoms with Crippen molar-refractivity contribution < 1.29 is 51.9 Å². The predicted octanol–water partition coefficient (Wildman–Crippen LogP) is 10.3. The van der Waals surface area contributed by atoms with Gasteiger partial charge in [-0.15, -0.1) is 34.0 Å². The summed E-state index contributed by atoms with van der Waals surface area (Å²) in [5.74, 6) is 0.744. The van der Waals surface area contributed by atoms with Crippen molar-refractivity contribution in [1.29, 1.82) is 0 Å². The first-order chi connectivity index (χ1) is 29.4. The van der Waals surface area contributed by atoms with Crippen LogP contribution in [0.15, 0.2) is 62.4 Å². The second-order valence-electron chi connectivity index (χ2n) is 17.0. The van der Waals surface area contributed by atoms with E-state index < -0.39 is 25.4 Å². The van der Waals surface area contributed by atoms with Gasteiger partial charge in [0.25, 0.3) is 0 Å². The Morgan fingerprint density at radius 1 is 0.556 bits per heavy atom. The first-order valence-electron chi connectivity index (χ1n) is 20.1. The summed E-state index contributed by atoms with van der Waals surface area (Å²) in [6.45, 7) is 22.0. The lowest BCUT2D eigenvalue weighted by molar-refractivity contribution is 0.00578. The molecule has 63 heavy (non-hydrogen) atoms. The van der Waals surface area contributed by atoms with E-state index >= 15 is 0 Å². The van der Waals surface area contributed by atoms with E-state index in [-0.39, 0.29) is 28.9 Å². The predicted molar refractivity (Wildman–Crippen MR) is 258 cm³/mol. The fourth-order valence-electron chi connectivity index (χ4n) is 6.69. The van der Waals surface area contributed by atoms with Gasteiger partial charge in [-0.2, -0.15) is 0 Å². The van der Waals surface area contributed by atoms with E-state index in [1.165, 1.54) is 48.2 Å². The fraction of sp³-hybridized carbons (Fsp3) is 0.413. The number of carbonyl (C=O) groups excluding carboxylic acids is 3. The van der Waals surface area contributed by atoms with Crippen molar-refractivity contribution in [2.45, 2.75) is 98.6 Å². The molecule has 0 atom stereocenters. The Balaban J connectivity index is 0.000000196. The van der Waals surface area contributed by atoms with Crippen molar-refractivity contribution >= 4 is 92.8 Å². The lowest BCUT2D eigenvalue weighted by atomic mass is 9.70. The summed E-state index contributed by atoms with van der Waals surface area (Å²) in [7, 11) is 5.10. The van der Waals surface area contributed by atoms with Crippen molar-refractivity contribution in [1.82, 2.24) is 0 Å². The molecule has 11 nitrogen and oxygen atoms in total. The van der Waals surface area contributed by atoms with Gasteiger partial charge in [-0.25, -0.2) is 9.59 Å². The number of hydrogen-bond acceptors (Lipinski definition) is 14. The fourth-order valence-corrected chi connectivity index (χ4v) is 9.84. The van der Waals surface area contributed by atoms with Gasteiger partial charge in [0.15, 0.2) is 5.78 Å². The maximum absolute atomic E-state index is 12.0. The second-order valence-corrected chi connectivity index (χ2v) is 21.0. The van der Waals surface area contributed by atoms with Crippen molar-refractivity contribution in [2.75, 3.05) is 28.4 Å². The molecule has 0 N–H and O–H groups in total. The number of esters is 2. The number of methoxy groups -OCH3 is 4. The quantitative estimate of drug-likeness (QED) is 0.0796. The van der Waals surface area contributed by atoms with Gasteiger partial charge < -0.3 is 37.6 Å². The number of benzene rings is 2. The van der Waals surface area contributed by atoms with Gasteiger partial charge in [-0.05, 0) is 161 Å². The normalized spacial score (nSPS) is 16.6. The van der Waals surface area contributed by atoms with E-state index in [0.29, 0.717) is 28.2 Å². The van der Waals surface area contributed by atoms with Crippen molar-refractivity contribution in [2.24, 2.45) is 0 Å². The third-order valence-electron chi connectivity index (χ3n) is 11.8. The molecule has 0 saturated carbocycles. The van der Waals surface area contributed by atoms with E-state index in [1.54, 1.807) is 33.3 Å². The summed E-state index contributed by atoms with van der Waals surface area (Å²) in [5, 5.41) is 5.61. The first kappa shape index (κ1) is 50.2. The maximum atomic E-state index is 12.0. The van der Waals surface area contributed by atoms with Crippen LogP contribution in [-0.2, 0) is 28.1 Å². The maximum Gasteiger partial charge on any atom is 0.498 e. The van der Waals surface area contributed by atoms with Crippen LogP contribution in [0.5, 0.6) is 11.5 Å². The zero-order chi connectivity index (χ0) is 46.8. The number of ketones is 1. The van der Waals surface area contributed by atoms with Gasteiger partial charge in [-0.3, -0.25) is 4.79 Å². The zero-order valence-corrected chi connectivity index (χ0v) is 42.6. The minimum absolute atomic E-state index is 0.0243. The topological polar surface area (TPSA) is 125 Å². The number of aryl methyl sites for hydroxylation is 2. The van der Waals surface area contributed by atoms with Crippen LogP contribution in [0.4, 0.5) is 0 Å². The molecule has 0 spiro atoms. The van der Waals surface area contributed by atoms with Crippen LogP contribution in [0.3, 0.4) is 0 Å². The zero-order valence-electron chi connectivity index (χ0n) is 38.5. The summed E-state index contributed by atoms with van der Waals surface area (Å²) >= 11 is 7.68. The van der Waals surface area contributed by atoms with Crippen molar-refractivity contribution in [3.63, 3.8) is 0 Å². The number of carbonyl (C=O) groups is 3. The molecule has 17 heteroatoms. The molecule has 0 unspecified atom stereocenters. The highest BCUT2D eigenvalue weighted by atomic mass is 79.9. The Morgan fingerprint density at radius 3 is 1.46 bits per heavy atom. The van der Waals surface area contributed by atoms with Gasteiger partial charge in [0, 0.05) is 26.3 Å². The summed E-state index contributed by atoms with van der Waals surface area (Å²) in [4.78, 5) is 36.5. The van der Waals surface area contributed by atoms with E-state index in [2.05, 4.69) is 61.4 Å². The van der Waals surface area contributed by atoms with Crippen molar-refractivity contribution in [3.8, 4) is 32.4 Å². The molecule has 2 aromatic carbocycles. The third kappa shape index (κ3) is 10.5. The molecule has 0 bridgehead atoms. The van der Waals surface area contributed by atoms with Crippen LogP contribution in [0.25, 0.3) is 20.9 Å². The number of thiophene rings is 3. The highest BCUT2D eigenvalue weighted by Crippen LogP contribution is 2.43. The summed E-state index contributed by atoms with van der Waals surface area (Å²) in [6.07, 6.45) is 0. The molecule has 0 amide bonds. The second kappa shape index (κ2) is 19.7. The van der Waals surface area contributed by atoms with Gasteiger partial charge in [0.2, 0.25) is 0 Å². The Kier molecular flexibility index (Phi) is 15.7. The van der Waals surface area contributed by atoms with Crippen molar-refractivity contribution in [3.05, 3.63) is 90.2 Å². The first-order valence-corrected chi connectivity index (χ1v) is 23.5. The monoisotopic (exact) mass is 980 g/mol. The summed E-state index contributed by atoms with van der Waals surface area (Å²) in [6, 6.07) is 13.3. The number of hydrogen-bond donors (Lipinski definition) is 0. The van der Waals surface area contributed by atoms with Gasteiger partial charge in [-0.1, -0.05) is 11.6 Å². The van der Waals surface area contributed by atoms with Crippen LogP contribution < -0.4 is 20.4 Å². The molecule has 7 rings (SSSR count). The number of rotatable bonds is 9. The average molecular weight is 982 g/mol. The third-order valence-corrected chi connectivity index (χ3v) is 15.4. The Hall–Kier alpha value is -3.80. The molecule has 0 aliphatic carbocycles. The highest BCUT2D eigenvalue weighted by molar-refractivity contribution is 9.11. The molecule has 5 heterocycles. The van der Waals surface area contributed by atoms with Gasteiger partial charge in [0.05, 0.1) is 65.8 Å². The molecule has 2 aliphatic rings. The molecule has 5 aromatic rings. The Bertz CT molecular complexity index is 2440. The number of ether oxygens (including phenoxy) is 4. The molecule has 3 aromatic heterocycles. The van der Waals surface area contributed by atoms with Crippen LogP contribution in [0.2, 0.25) is 0 Å². The number of halogens is 1. The minimum Gasteiger partial charge on any atom is -0.497 e. The Morgan fingerprint density at radius 2 is 1.00 bits per heavy atom. The summed E-state index contributed by atoms with van der Waals surface area (Å²) < 4.78 is 46.4. The van der Waals surface area contributed by atoms with Crippen LogP contribution in [-0.4, -0.2) is 82.8 Å². The molecular weight excluding hydrogens is 926 g/mol. The van der Waals surface area contributed by atoms with Crippen LogP contribution in [0, 0.1) is 13.8 Å². The van der Waals surface area contributed by atoms with E-state index in [1.807, 2.05) is 75.0 Å². The summed E-state index contributed by atoms with van der Waals surface area (Å²) in [5.41, 5.74) is 5.93. The Labute approximate surface area is 392 Å². The van der Waals surface area contributed by atoms with Gasteiger partial charge in [0.1, 0.15) is 11.5 Å². The minimum atomic E-state index is -0.476. The van der Waals surface area contributed by atoms with E-state index in [4.69, 9.17) is 32.8 Å². The highest BCUT2D eigenvalue weighted by Gasteiger charge is 2.54. The lowest BCUT2D eigenvalue weighted by Gasteiger charge is -2.32. The standard InChI is InChI=1S/C20H32B2O5.C20H18O4S2.C6H5BrO2S/c1-13-11-15(22-26-19(6,7)20(8,9)27-22)16(23-10)12-14(13)21-24-17(2,3)18(4,5)25-21;1-11-9-16(18-13(12(2)21)5-7-25-18)17(23-3)10-15(11)19-14(6-8-26-19)20(22)24-4;1-9-6(8)4-2-3-10-5(4)7/h11-12H,1-10H3;5-10H,1-4H3;2-3H,1H3. The molecule has 2 fully saturated rings. The average Bonchev–Trinajstić information content (AvgIpc) is 4.06. The smallest absolute Gasteiger partial charge is 0.497 e. The van der Waals surface area contributed by atoms with E-state index in [9.17, 15) is 14.4 Å². The molecule has 2 aliphatic heterocycles. The largest absolute Gasteiger partial charge is 0.498 e. The molecule has 336 valence electrons. The van der Waals surface area contributed by atoms with Crippen LogP contribution >= 0.6 is 49.9 Å². The molecule has 0 radical (unpaired) electrons. The lowest BCUT2D eigenvalue weighted by Crippen LogP contribution is -2.41. The molecule has 2 saturated heterocycles. The van der Waals surface area contributed by atoms with E-state index in [0.717, 1.165) is 46.7 Å².